The maximum atomic E-state index is 12.0. The smallest absolute Gasteiger partial charge is 0.328 e. The number of rotatable bonds is 6. The normalized spacial score (nSPS) is 10.5. The van der Waals surface area contributed by atoms with Crippen molar-refractivity contribution in [2.24, 2.45) is 0 Å². The number of carbonyl (C=O) groups is 1. The Bertz CT molecular complexity index is 788. The molecule has 0 spiro atoms. The number of hydrogen-bond donors (Lipinski definition) is 0. The minimum absolute atomic E-state index is 0.0306. The van der Waals surface area contributed by atoms with Crippen molar-refractivity contribution in [3.8, 4) is 5.75 Å². The Hall–Kier alpha value is -2.42. The van der Waals surface area contributed by atoms with Crippen molar-refractivity contribution in [2.75, 3.05) is 7.11 Å². The predicted octanol–water partition coefficient (Wildman–Crippen LogP) is 2.92. The quantitative estimate of drug-likeness (QED) is 0.422. The molecule has 0 atom stereocenters. The van der Waals surface area contributed by atoms with E-state index in [1.54, 1.807) is 19.1 Å². The third-order valence-corrected chi connectivity index (χ3v) is 3.93. The van der Waals surface area contributed by atoms with E-state index in [1.807, 2.05) is 6.07 Å². The van der Waals surface area contributed by atoms with Gasteiger partial charge in [0.1, 0.15) is 30.3 Å². The van der Waals surface area contributed by atoms with Crippen LogP contribution >= 0.6 is 15.9 Å². The van der Waals surface area contributed by atoms with Crippen LogP contribution in [0.4, 0.5) is 5.69 Å². The van der Waals surface area contributed by atoms with Crippen molar-refractivity contribution in [1.82, 2.24) is 9.78 Å². The largest absolute Gasteiger partial charge is 0.496 e. The third-order valence-electron chi connectivity index (χ3n) is 3.44. The monoisotopic (exact) mass is 397 g/mol. The topological polar surface area (TPSA) is 96.5 Å². The molecule has 8 nitrogen and oxygen atoms in total. The summed E-state index contributed by atoms with van der Waals surface area (Å²) in [6.07, 6.45) is 0. The van der Waals surface area contributed by atoms with Gasteiger partial charge in [-0.2, -0.15) is 5.10 Å². The highest BCUT2D eigenvalue weighted by Gasteiger charge is 2.23. The fraction of sp³-hybridized carbons (Fsp3) is 0.333. The number of esters is 1. The lowest BCUT2D eigenvalue weighted by Crippen LogP contribution is -2.16. The molecule has 1 aromatic carbocycles. The van der Waals surface area contributed by atoms with E-state index in [2.05, 4.69) is 21.0 Å². The molecule has 0 fully saturated rings. The van der Waals surface area contributed by atoms with Crippen LogP contribution in [0.5, 0.6) is 5.75 Å². The number of ether oxygens (including phenoxy) is 2. The van der Waals surface area contributed by atoms with Crippen LogP contribution in [0.1, 0.15) is 17.0 Å². The van der Waals surface area contributed by atoms with Gasteiger partial charge in [0.15, 0.2) is 0 Å². The molecule has 24 heavy (non-hydrogen) atoms. The van der Waals surface area contributed by atoms with Gasteiger partial charge in [-0.25, -0.2) is 0 Å². The zero-order valence-electron chi connectivity index (χ0n) is 13.4. The molecule has 0 aliphatic carbocycles. The molecule has 0 bridgehead atoms. The van der Waals surface area contributed by atoms with Gasteiger partial charge in [-0.1, -0.05) is 15.9 Å². The van der Waals surface area contributed by atoms with E-state index < -0.39 is 10.9 Å². The highest BCUT2D eigenvalue weighted by molar-refractivity contribution is 9.10. The number of aromatic nitrogens is 2. The molecule has 0 radical (unpaired) electrons. The summed E-state index contributed by atoms with van der Waals surface area (Å²) in [5, 5.41) is 15.0. The predicted molar refractivity (Wildman–Crippen MR) is 88.8 cm³/mol. The summed E-state index contributed by atoms with van der Waals surface area (Å²) >= 11 is 3.35. The second-order valence-electron chi connectivity index (χ2n) is 5.05. The van der Waals surface area contributed by atoms with Gasteiger partial charge in [-0.3, -0.25) is 19.6 Å². The van der Waals surface area contributed by atoms with Crippen LogP contribution in [0.2, 0.25) is 0 Å². The standard InChI is InChI=1S/C15H16BrN3O5/c1-9-15(19(21)22)10(2)18(17-9)7-14(20)24-8-11-6-12(16)4-5-13(11)23-3/h4-6H,7-8H2,1-3H3. The molecular formula is C15H16BrN3O5. The van der Waals surface area contributed by atoms with Gasteiger partial charge >= 0.3 is 11.7 Å². The Kier molecular flexibility index (Phi) is 5.55. The molecule has 0 saturated carbocycles. The summed E-state index contributed by atoms with van der Waals surface area (Å²) < 4.78 is 12.5. The molecular weight excluding hydrogens is 382 g/mol. The van der Waals surface area contributed by atoms with E-state index in [0.29, 0.717) is 17.0 Å². The maximum absolute atomic E-state index is 12.0. The molecule has 0 unspecified atom stereocenters. The van der Waals surface area contributed by atoms with Crippen LogP contribution < -0.4 is 4.74 Å². The number of nitrogens with zero attached hydrogens (tertiary/aromatic N) is 3. The summed E-state index contributed by atoms with van der Waals surface area (Å²) in [5.74, 6) is 0.0604. The average molecular weight is 398 g/mol. The minimum Gasteiger partial charge on any atom is -0.496 e. The Balaban J connectivity index is 2.06. The van der Waals surface area contributed by atoms with E-state index in [0.717, 1.165) is 4.47 Å². The minimum atomic E-state index is -0.544. The first-order valence-corrected chi connectivity index (χ1v) is 7.79. The number of carbonyl (C=O) groups excluding carboxylic acids is 1. The van der Waals surface area contributed by atoms with Gasteiger partial charge in [0.05, 0.1) is 12.0 Å². The summed E-state index contributed by atoms with van der Waals surface area (Å²) in [7, 11) is 1.53. The van der Waals surface area contributed by atoms with E-state index in [1.165, 1.54) is 18.7 Å². The van der Waals surface area contributed by atoms with E-state index in [9.17, 15) is 14.9 Å². The number of hydrogen-bond acceptors (Lipinski definition) is 6. The Morgan fingerprint density at radius 1 is 1.42 bits per heavy atom. The molecule has 0 aliphatic rings. The van der Waals surface area contributed by atoms with E-state index in [4.69, 9.17) is 9.47 Å². The number of aryl methyl sites for hydroxylation is 1. The lowest BCUT2D eigenvalue weighted by atomic mass is 10.2. The molecule has 128 valence electrons. The Labute approximate surface area is 146 Å². The molecule has 9 heteroatoms. The van der Waals surface area contributed by atoms with Crippen LogP contribution in [0.25, 0.3) is 0 Å². The number of halogens is 1. The molecule has 0 amide bonds. The molecule has 0 aliphatic heterocycles. The first kappa shape index (κ1) is 17.9. The average Bonchev–Trinajstić information content (AvgIpc) is 2.79. The highest BCUT2D eigenvalue weighted by atomic mass is 79.9. The van der Waals surface area contributed by atoms with Gasteiger partial charge in [-0.15, -0.1) is 0 Å². The Morgan fingerprint density at radius 2 is 2.12 bits per heavy atom. The van der Waals surface area contributed by atoms with Gasteiger partial charge in [0.2, 0.25) is 0 Å². The molecule has 0 saturated heterocycles. The molecule has 0 N–H and O–H groups in total. The summed E-state index contributed by atoms with van der Waals surface area (Å²) in [6.45, 7) is 2.90. The first-order valence-electron chi connectivity index (χ1n) is 7.00. The SMILES string of the molecule is COc1ccc(Br)cc1COC(=O)Cn1nc(C)c([N+](=O)[O-])c1C. The second-order valence-corrected chi connectivity index (χ2v) is 5.97. The van der Waals surface area contributed by atoms with Crippen molar-refractivity contribution >= 4 is 27.6 Å². The van der Waals surface area contributed by atoms with Crippen LogP contribution in [-0.4, -0.2) is 27.8 Å². The second kappa shape index (κ2) is 7.43. The zero-order chi connectivity index (χ0) is 17.9. The fourth-order valence-electron chi connectivity index (χ4n) is 2.29. The van der Waals surface area contributed by atoms with Crippen LogP contribution in [0.15, 0.2) is 22.7 Å². The fourth-order valence-corrected chi connectivity index (χ4v) is 2.70. The molecule has 1 aromatic heterocycles. The van der Waals surface area contributed by atoms with E-state index in [-0.39, 0.29) is 24.5 Å². The van der Waals surface area contributed by atoms with E-state index >= 15 is 0 Å². The molecule has 2 aromatic rings. The van der Waals surface area contributed by atoms with Crippen molar-refractivity contribution < 1.29 is 19.2 Å². The summed E-state index contributed by atoms with van der Waals surface area (Å²) in [4.78, 5) is 22.5. The third kappa shape index (κ3) is 3.91. The van der Waals surface area contributed by atoms with Gasteiger partial charge in [0.25, 0.3) is 0 Å². The summed E-state index contributed by atoms with van der Waals surface area (Å²) in [6, 6.07) is 5.37. The highest BCUT2D eigenvalue weighted by Crippen LogP contribution is 2.24. The van der Waals surface area contributed by atoms with Crippen molar-refractivity contribution in [3.05, 3.63) is 49.7 Å². The zero-order valence-corrected chi connectivity index (χ0v) is 15.0. The van der Waals surface area contributed by atoms with Gasteiger partial charge in [-0.05, 0) is 32.0 Å². The Morgan fingerprint density at radius 3 is 2.71 bits per heavy atom. The van der Waals surface area contributed by atoms with Crippen molar-refractivity contribution in [2.45, 2.75) is 27.0 Å². The molecule has 2 rings (SSSR count). The molecule has 1 heterocycles. The van der Waals surface area contributed by atoms with Gasteiger partial charge < -0.3 is 9.47 Å². The number of nitro groups is 1. The van der Waals surface area contributed by atoms with Crippen LogP contribution in [-0.2, 0) is 22.7 Å². The first-order chi connectivity index (χ1) is 11.3. The summed E-state index contributed by atoms with van der Waals surface area (Å²) in [5.41, 5.74) is 1.20. The lowest BCUT2D eigenvalue weighted by Gasteiger charge is -2.10. The van der Waals surface area contributed by atoms with Gasteiger partial charge in [0, 0.05) is 10.0 Å². The number of methoxy groups -OCH3 is 1. The lowest BCUT2D eigenvalue weighted by molar-refractivity contribution is -0.386. The maximum Gasteiger partial charge on any atom is 0.328 e. The van der Waals surface area contributed by atoms with Crippen LogP contribution in [0.3, 0.4) is 0 Å². The van der Waals surface area contributed by atoms with Crippen molar-refractivity contribution in [3.63, 3.8) is 0 Å². The number of benzene rings is 1. The van der Waals surface area contributed by atoms with Crippen LogP contribution in [0, 0.1) is 24.0 Å². The van der Waals surface area contributed by atoms with Crippen molar-refractivity contribution in [1.29, 1.82) is 0 Å².